The number of amides is 2. The summed E-state index contributed by atoms with van der Waals surface area (Å²) in [5.74, 6) is 1.72. The van der Waals surface area contributed by atoms with Crippen LogP contribution in [0.2, 0.25) is 0 Å². The SMILES string of the molecule is CCCc1cc(N2CCC(N3CCNC3=O)CC2)n2ncnc2n1. The van der Waals surface area contributed by atoms with Crippen LogP contribution in [0.5, 0.6) is 0 Å². The maximum absolute atomic E-state index is 11.9. The molecule has 2 saturated heterocycles. The number of hydrogen-bond acceptors (Lipinski definition) is 5. The van der Waals surface area contributed by atoms with Crippen molar-refractivity contribution < 1.29 is 4.79 Å². The second-order valence-electron chi connectivity index (χ2n) is 6.47. The monoisotopic (exact) mass is 329 g/mol. The molecule has 0 unspecified atom stereocenters. The Balaban J connectivity index is 1.53. The average molecular weight is 329 g/mol. The van der Waals surface area contributed by atoms with Crippen molar-refractivity contribution in [3.8, 4) is 0 Å². The first-order valence-electron chi connectivity index (χ1n) is 8.75. The average Bonchev–Trinajstić information content (AvgIpc) is 3.23. The smallest absolute Gasteiger partial charge is 0.317 e. The van der Waals surface area contributed by atoms with Gasteiger partial charge in [0.1, 0.15) is 12.1 Å². The Labute approximate surface area is 140 Å². The summed E-state index contributed by atoms with van der Waals surface area (Å²) in [6.45, 7) is 5.58. The summed E-state index contributed by atoms with van der Waals surface area (Å²) < 4.78 is 1.82. The van der Waals surface area contributed by atoms with Crippen molar-refractivity contribution in [3.05, 3.63) is 18.1 Å². The third-order valence-electron chi connectivity index (χ3n) is 4.91. The normalized spacial score (nSPS) is 19.3. The lowest BCUT2D eigenvalue weighted by atomic mass is 10.0. The Kier molecular flexibility index (Phi) is 3.95. The van der Waals surface area contributed by atoms with Crippen molar-refractivity contribution in [2.75, 3.05) is 31.1 Å². The van der Waals surface area contributed by atoms with E-state index in [0.29, 0.717) is 11.8 Å². The van der Waals surface area contributed by atoms with Crippen LogP contribution in [0, 0.1) is 0 Å². The lowest BCUT2D eigenvalue weighted by Gasteiger charge is -2.37. The summed E-state index contributed by atoms with van der Waals surface area (Å²) in [7, 11) is 0. The fourth-order valence-electron chi connectivity index (χ4n) is 3.70. The van der Waals surface area contributed by atoms with Crippen LogP contribution < -0.4 is 10.2 Å². The number of anilines is 1. The van der Waals surface area contributed by atoms with Crippen molar-refractivity contribution >= 4 is 17.6 Å². The molecule has 4 rings (SSSR count). The van der Waals surface area contributed by atoms with Crippen LogP contribution >= 0.6 is 0 Å². The zero-order chi connectivity index (χ0) is 16.5. The maximum atomic E-state index is 11.9. The van der Waals surface area contributed by atoms with Crippen LogP contribution in [0.3, 0.4) is 0 Å². The van der Waals surface area contributed by atoms with Crippen LogP contribution in [0.1, 0.15) is 31.9 Å². The molecule has 2 aliphatic heterocycles. The van der Waals surface area contributed by atoms with Gasteiger partial charge in [-0.05, 0) is 19.3 Å². The summed E-state index contributed by atoms with van der Waals surface area (Å²) in [5.41, 5.74) is 1.06. The summed E-state index contributed by atoms with van der Waals surface area (Å²) in [5, 5.41) is 7.23. The molecule has 2 aromatic rings. The molecule has 0 spiro atoms. The van der Waals surface area contributed by atoms with Crippen LogP contribution in [-0.2, 0) is 6.42 Å². The van der Waals surface area contributed by atoms with Gasteiger partial charge in [-0.3, -0.25) is 0 Å². The number of hydrogen-bond donors (Lipinski definition) is 1. The molecule has 0 radical (unpaired) electrons. The number of fused-ring (bicyclic) bond motifs is 1. The largest absolute Gasteiger partial charge is 0.356 e. The molecule has 0 aliphatic carbocycles. The fraction of sp³-hybridized carbons (Fsp3) is 0.625. The second-order valence-corrected chi connectivity index (χ2v) is 6.47. The number of aromatic nitrogens is 4. The molecular weight excluding hydrogens is 306 g/mol. The highest BCUT2D eigenvalue weighted by atomic mass is 16.2. The molecule has 0 bridgehead atoms. The van der Waals surface area contributed by atoms with Gasteiger partial charge in [0.2, 0.25) is 0 Å². The van der Waals surface area contributed by atoms with Crippen molar-refractivity contribution in [2.45, 2.75) is 38.6 Å². The molecule has 4 heterocycles. The fourth-order valence-corrected chi connectivity index (χ4v) is 3.70. The van der Waals surface area contributed by atoms with E-state index in [1.807, 2.05) is 9.42 Å². The molecule has 0 atom stereocenters. The third kappa shape index (κ3) is 2.65. The molecule has 2 amide bonds. The van der Waals surface area contributed by atoms with Crippen LogP contribution in [0.15, 0.2) is 12.4 Å². The lowest BCUT2D eigenvalue weighted by molar-refractivity contribution is 0.186. The van der Waals surface area contributed by atoms with E-state index >= 15 is 0 Å². The zero-order valence-electron chi connectivity index (χ0n) is 14.0. The Morgan fingerprint density at radius 3 is 2.83 bits per heavy atom. The Bertz CT molecular complexity index is 735. The molecule has 0 saturated carbocycles. The van der Waals surface area contributed by atoms with E-state index < -0.39 is 0 Å². The Hall–Kier alpha value is -2.38. The van der Waals surface area contributed by atoms with Gasteiger partial charge in [0.05, 0.1) is 0 Å². The highest BCUT2D eigenvalue weighted by Crippen LogP contribution is 2.24. The first-order chi connectivity index (χ1) is 11.8. The first kappa shape index (κ1) is 15.2. The van der Waals surface area contributed by atoms with E-state index in [4.69, 9.17) is 0 Å². The lowest BCUT2D eigenvalue weighted by Crippen LogP contribution is -2.46. The van der Waals surface area contributed by atoms with E-state index in [2.05, 4.69) is 38.3 Å². The van der Waals surface area contributed by atoms with Crippen LogP contribution in [-0.4, -0.2) is 62.7 Å². The van der Waals surface area contributed by atoms with Crippen LogP contribution in [0.25, 0.3) is 5.78 Å². The van der Waals surface area contributed by atoms with Gasteiger partial charge in [0.25, 0.3) is 5.78 Å². The topological polar surface area (TPSA) is 78.7 Å². The summed E-state index contributed by atoms with van der Waals surface area (Å²) in [6, 6.07) is 2.56. The van der Waals surface area contributed by atoms with Gasteiger partial charge >= 0.3 is 6.03 Å². The number of urea groups is 1. The molecular formula is C16H23N7O. The third-order valence-corrected chi connectivity index (χ3v) is 4.91. The van der Waals surface area contributed by atoms with E-state index in [0.717, 1.165) is 63.4 Å². The van der Waals surface area contributed by atoms with Gasteiger partial charge in [0.15, 0.2) is 0 Å². The number of aryl methyl sites for hydroxylation is 1. The van der Waals surface area contributed by atoms with E-state index in [-0.39, 0.29) is 6.03 Å². The number of nitrogens with zero attached hydrogens (tertiary/aromatic N) is 6. The summed E-state index contributed by atoms with van der Waals surface area (Å²) in [6.07, 6.45) is 5.52. The molecule has 8 nitrogen and oxygen atoms in total. The highest BCUT2D eigenvalue weighted by molar-refractivity contribution is 5.76. The van der Waals surface area contributed by atoms with Crippen molar-refractivity contribution in [1.82, 2.24) is 29.8 Å². The van der Waals surface area contributed by atoms with Crippen molar-refractivity contribution in [3.63, 3.8) is 0 Å². The number of piperidine rings is 1. The zero-order valence-corrected chi connectivity index (χ0v) is 14.0. The van der Waals surface area contributed by atoms with Crippen LogP contribution in [0.4, 0.5) is 10.6 Å². The van der Waals surface area contributed by atoms with Gasteiger partial charge in [-0.15, -0.1) is 0 Å². The van der Waals surface area contributed by atoms with Gasteiger partial charge in [0, 0.05) is 44.0 Å². The second kappa shape index (κ2) is 6.26. The van der Waals surface area contributed by atoms with Gasteiger partial charge < -0.3 is 15.1 Å². The quantitative estimate of drug-likeness (QED) is 0.908. The van der Waals surface area contributed by atoms with E-state index in [1.165, 1.54) is 0 Å². The van der Waals surface area contributed by atoms with Crippen molar-refractivity contribution in [1.29, 1.82) is 0 Å². The number of carbonyl (C=O) groups is 1. The molecule has 2 aromatic heterocycles. The molecule has 24 heavy (non-hydrogen) atoms. The minimum Gasteiger partial charge on any atom is -0.356 e. The maximum Gasteiger partial charge on any atom is 0.317 e. The van der Waals surface area contributed by atoms with Crippen molar-refractivity contribution in [2.24, 2.45) is 0 Å². The predicted octanol–water partition coefficient (Wildman–Crippen LogP) is 1.07. The highest BCUT2D eigenvalue weighted by Gasteiger charge is 2.31. The first-order valence-corrected chi connectivity index (χ1v) is 8.75. The molecule has 8 heteroatoms. The number of carbonyl (C=O) groups excluding carboxylic acids is 1. The number of nitrogens with one attached hydrogen (secondary N) is 1. The molecule has 0 aromatic carbocycles. The van der Waals surface area contributed by atoms with Gasteiger partial charge in [-0.25, -0.2) is 9.78 Å². The van der Waals surface area contributed by atoms with Gasteiger partial charge in [-0.2, -0.15) is 14.6 Å². The minimum atomic E-state index is 0.0845. The summed E-state index contributed by atoms with van der Waals surface area (Å²) in [4.78, 5) is 25.0. The van der Waals surface area contributed by atoms with E-state index in [1.54, 1.807) is 6.33 Å². The summed E-state index contributed by atoms with van der Waals surface area (Å²) >= 11 is 0. The minimum absolute atomic E-state index is 0.0845. The van der Waals surface area contributed by atoms with Gasteiger partial charge in [-0.1, -0.05) is 13.3 Å². The molecule has 128 valence electrons. The molecule has 1 N–H and O–H groups in total. The Morgan fingerprint density at radius 2 is 2.12 bits per heavy atom. The standard InChI is InChI=1S/C16H23N7O/c1-2-3-12-10-14(23-15(20-12)18-11-19-23)21-7-4-13(5-8-21)22-9-6-17-16(22)24/h10-11,13H,2-9H2,1H3,(H,17,24). The molecule has 2 aliphatic rings. The Morgan fingerprint density at radius 1 is 1.29 bits per heavy atom. The van der Waals surface area contributed by atoms with E-state index in [9.17, 15) is 4.79 Å². The number of rotatable bonds is 4. The molecule has 2 fully saturated rings. The predicted molar refractivity (Wildman–Crippen MR) is 90.1 cm³/mol.